The summed E-state index contributed by atoms with van der Waals surface area (Å²) in [6.45, 7) is 0.786. The maximum Gasteiger partial charge on any atom is 0.344 e. The number of nitrogens with zero attached hydrogens (tertiary/aromatic N) is 2. The van der Waals surface area contributed by atoms with E-state index in [1.807, 2.05) is 0 Å². The van der Waals surface area contributed by atoms with Crippen molar-refractivity contribution in [3.8, 4) is 5.75 Å². The van der Waals surface area contributed by atoms with Crippen LogP contribution in [0.4, 0.5) is 5.69 Å². The maximum atomic E-state index is 12.5. The molecule has 10 heteroatoms. The molecule has 0 N–H and O–H groups in total. The fourth-order valence-electron chi connectivity index (χ4n) is 3.00. The number of carbonyl (C=O) groups excluding carboxylic acids is 2. The quantitative estimate of drug-likeness (QED) is 0.572. The number of carbonyl (C=O) groups is 2. The monoisotopic (exact) mass is 452 g/mol. The van der Waals surface area contributed by atoms with Gasteiger partial charge in [0.1, 0.15) is 9.96 Å². The standard InChI is InChI=1S/C20H24N2O6S2/c1-21(30(25,26)20-6-5-13-29-20)16-7-9-17(10-8-16)27-15-19(24)28-14-18(23)22-11-3-2-4-12-22/h5-10,13H,2-4,11-12,14-15H2,1H3. The molecule has 1 aromatic carbocycles. The summed E-state index contributed by atoms with van der Waals surface area (Å²) in [6, 6.07) is 9.55. The number of amides is 1. The highest BCUT2D eigenvalue weighted by Crippen LogP contribution is 2.26. The van der Waals surface area contributed by atoms with Crippen LogP contribution >= 0.6 is 11.3 Å². The Hall–Kier alpha value is -2.59. The van der Waals surface area contributed by atoms with E-state index in [1.165, 1.54) is 11.4 Å². The van der Waals surface area contributed by atoms with E-state index in [0.717, 1.165) is 30.6 Å². The Morgan fingerprint density at radius 2 is 1.77 bits per heavy atom. The van der Waals surface area contributed by atoms with Gasteiger partial charge in [0.05, 0.1) is 5.69 Å². The van der Waals surface area contributed by atoms with Crippen LogP contribution in [0.2, 0.25) is 0 Å². The second-order valence-electron chi connectivity index (χ2n) is 6.79. The van der Waals surface area contributed by atoms with E-state index in [1.54, 1.807) is 46.7 Å². The average molecular weight is 453 g/mol. The Labute approximate surface area is 180 Å². The summed E-state index contributed by atoms with van der Waals surface area (Å²) in [5.41, 5.74) is 0.463. The summed E-state index contributed by atoms with van der Waals surface area (Å²) in [7, 11) is -2.14. The van der Waals surface area contributed by atoms with Crippen LogP contribution in [0.1, 0.15) is 19.3 Å². The van der Waals surface area contributed by atoms with Crippen molar-refractivity contribution < 1.29 is 27.5 Å². The molecular weight excluding hydrogens is 428 g/mol. The highest BCUT2D eigenvalue weighted by Gasteiger charge is 2.22. The zero-order valence-electron chi connectivity index (χ0n) is 16.7. The van der Waals surface area contributed by atoms with Crippen molar-refractivity contribution in [2.45, 2.75) is 23.5 Å². The van der Waals surface area contributed by atoms with E-state index in [4.69, 9.17) is 9.47 Å². The third-order valence-electron chi connectivity index (χ3n) is 4.73. The van der Waals surface area contributed by atoms with Crippen molar-refractivity contribution >= 4 is 38.9 Å². The number of thiophene rings is 1. The van der Waals surface area contributed by atoms with Gasteiger partial charge in [-0.2, -0.15) is 0 Å². The maximum absolute atomic E-state index is 12.5. The lowest BCUT2D eigenvalue weighted by Crippen LogP contribution is -2.38. The molecule has 1 fully saturated rings. The summed E-state index contributed by atoms with van der Waals surface area (Å²) < 4.78 is 36.9. The van der Waals surface area contributed by atoms with E-state index in [-0.39, 0.29) is 23.3 Å². The Morgan fingerprint density at radius 3 is 2.40 bits per heavy atom. The number of sulfonamides is 1. The van der Waals surface area contributed by atoms with Gasteiger partial charge in [-0.1, -0.05) is 6.07 Å². The lowest BCUT2D eigenvalue weighted by Gasteiger charge is -2.26. The van der Waals surface area contributed by atoms with Gasteiger partial charge in [0.25, 0.3) is 15.9 Å². The number of anilines is 1. The van der Waals surface area contributed by atoms with E-state index < -0.39 is 16.0 Å². The van der Waals surface area contributed by atoms with Crippen molar-refractivity contribution in [3.05, 3.63) is 41.8 Å². The molecule has 1 aliphatic rings. The molecule has 0 radical (unpaired) electrons. The molecule has 30 heavy (non-hydrogen) atoms. The predicted molar refractivity (Wildman–Crippen MR) is 113 cm³/mol. The van der Waals surface area contributed by atoms with Gasteiger partial charge >= 0.3 is 5.97 Å². The van der Waals surface area contributed by atoms with Crippen LogP contribution in [0.5, 0.6) is 5.75 Å². The molecule has 3 rings (SSSR count). The van der Waals surface area contributed by atoms with Crippen LogP contribution in [-0.2, 0) is 24.3 Å². The van der Waals surface area contributed by atoms with Gasteiger partial charge in [-0.15, -0.1) is 11.3 Å². The van der Waals surface area contributed by atoms with Crippen molar-refractivity contribution in [1.29, 1.82) is 0 Å². The lowest BCUT2D eigenvalue weighted by atomic mass is 10.1. The van der Waals surface area contributed by atoms with Crippen molar-refractivity contribution in [3.63, 3.8) is 0 Å². The number of benzene rings is 1. The molecule has 1 saturated heterocycles. The molecule has 1 aromatic heterocycles. The Balaban J connectivity index is 1.47. The fourth-order valence-corrected chi connectivity index (χ4v) is 5.35. The van der Waals surface area contributed by atoms with Crippen molar-refractivity contribution in [1.82, 2.24) is 4.90 Å². The third kappa shape index (κ3) is 5.51. The molecule has 1 amide bonds. The van der Waals surface area contributed by atoms with Crippen LogP contribution in [0.25, 0.3) is 0 Å². The van der Waals surface area contributed by atoms with E-state index in [9.17, 15) is 18.0 Å². The van der Waals surface area contributed by atoms with Crippen molar-refractivity contribution in [2.75, 3.05) is 37.7 Å². The van der Waals surface area contributed by atoms with Gasteiger partial charge in [-0.25, -0.2) is 13.2 Å². The molecule has 0 spiro atoms. The minimum Gasteiger partial charge on any atom is -0.482 e. The van der Waals surface area contributed by atoms with E-state index in [2.05, 4.69) is 0 Å². The number of likely N-dealkylation sites (tertiary alicyclic amines) is 1. The van der Waals surface area contributed by atoms with Gasteiger partial charge in [-0.05, 0) is 55.0 Å². The number of piperidine rings is 1. The van der Waals surface area contributed by atoms with Gasteiger partial charge < -0.3 is 14.4 Å². The second-order valence-corrected chi connectivity index (χ2v) is 9.93. The summed E-state index contributed by atoms with van der Waals surface area (Å²) in [4.78, 5) is 25.5. The Kier molecular flexibility index (Phi) is 7.33. The summed E-state index contributed by atoms with van der Waals surface area (Å²) >= 11 is 1.15. The SMILES string of the molecule is CN(c1ccc(OCC(=O)OCC(=O)N2CCCCC2)cc1)S(=O)(=O)c1cccs1. The van der Waals surface area contributed by atoms with Gasteiger partial charge in [0.2, 0.25) is 0 Å². The summed E-state index contributed by atoms with van der Waals surface area (Å²) in [5.74, 6) is -0.441. The normalized spacial score (nSPS) is 14.2. The molecule has 0 atom stereocenters. The van der Waals surface area contributed by atoms with Gasteiger partial charge in [-0.3, -0.25) is 9.10 Å². The average Bonchev–Trinajstić information content (AvgIpc) is 3.32. The molecule has 0 aliphatic carbocycles. The smallest absolute Gasteiger partial charge is 0.344 e. The van der Waals surface area contributed by atoms with Crippen LogP contribution in [0.3, 0.4) is 0 Å². The number of hydrogen-bond acceptors (Lipinski definition) is 7. The van der Waals surface area contributed by atoms with Crippen LogP contribution in [-0.4, -0.2) is 58.5 Å². The van der Waals surface area contributed by atoms with E-state index >= 15 is 0 Å². The first-order valence-corrected chi connectivity index (χ1v) is 11.9. The zero-order chi connectivity index (χ0) is 21.6. The third-order valence-corrected chi connectivity index (χ3v) is 7.89. The lowest BCUT2D eigenvalue weighted by molar-refractivity contribution is -0.154. The first-order valence-electron chi connectivity index (χ1n) is 9.56. The molecular formula is C20H24N2O6S2. The predicted octanol–water partition coefficient (Wildman–Crippen LogP) is 2.51. The van der Waals surface area contributed by atoms with Gasteiger partial charge in [0, 0.05) is 20.1 Å². The summed E-state index contributed by atoms with van der Waals surface area (Å²) in [6.07, 6.45) is 3.07. The molecule has 0 unspecified atom stereocenters. The minimum absolute atomic E-state index is 0.192. The minimum atomic E-state index is -3.61. The van der Waals surface area contributed by atoms with Crippen LogP contribution in [0, 0.1) is 0 Å². The second kappa shape index (κ2) is 9.94. The largest absolute Gasteiger partial charge is 0.482 e. The number of hydrogen-bond donors (Lipinski definition) is 0. The Morgan fingerprint density at radius 1 is 1.07 bits per heavy atom. The molecule has 2 heterocycles. The molecule has 2 aromatic rings. The zero-order valence-corrected chi connectivity index (χ0v) is 18.3. The van der Waals surface area contributed by atoms with Crippen molar-refractivity contribution in [2.24, 2.45) is 0 Å². The molecule has 8 nitrogen and oxygen atoms in total. The van der Waals surface area contributed by atoms with E-state index in [0.29, 0.717) is 24.5 Å². The molecule has 1 aliphatic heterocycles. The Bertz CT molecular complexity index is 952. The topological polar surface area (TPSA) is 93.2 Å². The molecule has 0 bridgehead atoms. The first kappa shape index (κ1) is 22.1. The molecule has 162 valence electrons. The highest BCUT2D eigenvalue weighted by atomic mass is 32.2. The fraction of sp³-hybridized carbons (Fsp3) is 0.400. The van der Waals surface area contributed by atoms with Crippen LogP contribution < -0.4 is 9.04 Å². The highest BCUT2D eigenvalue weighted by molar-refractivity contribution is 7.94. The number of esters is 1. The first-order chi connectivity index (χ1) is 14.4. The van der Waals surface area contributed by atoms with Gasteiger partial charge in [0.15, 0.2) is 13.2 Å². The molecule has 0 saturated carbocycles. The summed E-state index contributed by atoms with van der Waals surface area (Å²) in [5, 5.41) is 1.71. The van der Waals surface area contributed by atoms with Crippen LogP contribution in [0.15, 0.2) is 46.0 Å². The number of rotatable bonds is 8. The number of ether oxygens (including phenoxy) is 2.